The second kappa shape index (κ2) is 4.49. The van der Waals surface area contributed by atoms with Gasteiger partial charge in [0.05, 0.1) is 5.41 Å². The molecule has 0 spiro atoms. The van der Waals surface area contributed by atoms with Crippen LogP contribution in [0.15, 0.2) is 24.3 Å². The lowest BCUT2D eigenvalue weighted by Crippen LogP contribution is -2.29. The van der Waals surface area contributed by atoms with Crippen LogP contribution >= 0.6 is 0 Å². The summed E-state index contributed by atoms with van der Waals surface area (Å²) in [6, 6.07) is 8.42. The van der Waals surface area contributed by atoms with Crippen molar-refractivity contribution in [1.29, 1.82) is 0 Å². The van der Waals surface area contributed by atoms with E-state index < -0.39 is 11.4 Å². The number of aliphatic carboxylic acids is 1. The number of hydrogen-bond donors (Lipinski definition) is 1. The molecule has 0 saturated carbocycles. The number of benzene rings is 1. The first kappa shape index (κ1) is 12.1. The van der Waals surface area contributed by atoms with E-state index in [4.69, 9.17) is 5.11 Å². The van der Waals surface area contributed by atoms with Crippen molar-refractivity contribution in [3.8, 4) is 0 Å². The van der Waals surface area contributed by atoms with E-state index in [1.807, 2.05) is 0 Å². The van der Waals surface area contributed by atoms with Crippen LogP contribution in [0.25, 0.3) is 0 Å². The topological polar surface area (TPSA) is 40.5 Å². The third kappa shape index (κ3) is 2.67. The van der Waals surface area contributed by atoms with Gasteiger partial charge in [0.1, 0.15) is 0 Å². The van der Waals surface area contributed by atoms with Gasteiger partial charge in [-0.25, -0.2) is 0 Å². The second-order valence-electron chi connectivity index (χ2n) is 5.42. The Labute approximate surface area is 102 Å². The van der Waals surface area contributed by atoms with Crippen LogP contribution in [0.1, 0.15) is 31.4 Å². The molecule has 1 aromatic rings. The third-order valence-electron chi connectivity index (χ3n) is 3.54. The molecule has 1 aliphatic heterocycles. The zero-order valence-corrected chi connectivity index (χ0v) is 10.4. The summed E-state index contributed by atoms with van der Waals surface area (Å²) in [6.07, 6.45) is 0.691. The highest BCUT2D eigenvalue weighted by atomic mass is 16.4. The van der Waals surface area contributed by atoms with Crippen LogP contribution in [0.5, 0.6) is 0 Å². The van der Waals surface area contributed by atoms with Gasteiger partial charge in [0, 0.05) is 13.1 Å². The van der Waals surface area contributed by atoms with Crippen molar-refractivity contribution in [2.24, 2.45) is 5.41 Å². The number of carboxylic acids is 1. The maximum Gasteiger partial charge on any atom is 0.309 e. The molecule has 1 N–H and O–H groups in total. The van der Waals surface area contributed by atoms with E-state index in [-0.39, 0.29) is 0 Å². The molecule has 1 heterocycles. The minimum absolute atomic E-state index is 0.630. The first-order valence-electron chi connectivity index (χ1n) is 6.01. The van der Waals surface area contributed by atoms with Crippen molar-refractivity contribution < 1.29 is 9.90 Å². The number of hydrogen-bond acceptors (Lipinski definition) is 2. The van der Waals surface area contributed by atoms with Gasteiger partial charge in [0.25, 0.3) is 0 Å². The average Bonchev–Trinajstić information content (AvgIpc) is 2.69. The predicted octanol–water partition coefficient (Wildman–Crippen LogP) is 2.50. The van der Waals surface area contributed by atoms with Crippen molar-refractivity contribution in [3.05, 3.63) is 35.4 Å². The van der Waals surface area contributed by atoms with E-state index in [9.17, 15) is 4.79 Å². The SMILES string of the molecule is CC(C)(CCN1Cc2ccccc2C1)C(=O)O. The summed E-state index contributed by atoms with van der Waals surface area (Å²) >= 11 is 0. The molecule has 0 aromatic heterocycles. The van der Waals surface area contributed by atoms with E-state index in [1.165, 1.54) is 11.1 Å². The lowest BCUT2D eigenvalue weighted by atomic mass is 9.89. The van der Waals surface area contributed by atoms with Crippen LogP contribution in [0.2, 0.25) is 0 Å². The molecule has 0 unspecified atom stereocenters. The number of fused-ring (bicyclic) bond motifs is 1. The monoisotopic (exact) mass is 233 g/mol. The first-order chi connectivity index (χ1) is 7.99. The second-order valence-corrected chi connectivity index (χ2v) is 5.42. The summed E-state index contributed by atoms with van der Waals surface area (Å²) in [7, 11) is 0. The molecule has 1 aromatic carbocycles. The van der Waals surface area contributed by atoms with Gasteiger partial charge >= 0.3 is 5.97 Å². The molecule has 92 valence electrons. The van der Waals surface area contributed by atoms with Gasteiger partial charge in [-0.3, -0.25) is 9.69 Å². The van der Waals surface area contributed by atoms with Crippen molar-refractivity contribution in [1.82, 2.24) is 4.90 Å². The van der Waals surface area contributed by atoms with Crippen molar-refractivity contribution in [2.45, 2.75) is 33.4 Å². The van der Waals surface area contributed by atoms with E-state index in [0.717, 1.165) is 19.6 Å². The fraction of sp³-hybridized carbons (Fsp3) is 0.500. The molecule has 2 rings (SSSR count). The minimum Gasteiger partial charge on any atom is -0.481 e. The largest absolute Gasteiger partial charge is 0.481 e. The number of rotatable bonds is 4. The molecular weight excluding hydrogens is 214 g/mol. The number of carbonyl (C=O) groups is 1. The summed E-state index contributed by atoms with van der Waals surface area (Å²) < 4.78 is 0. The van der Waals surface area contributed by atoms with E-state index in [2.05, 4.69) is 29.2 Å². The fourth-order valence-electron chi connectivity index (χ4n) is 2.11. The van der Waals surface area contributed by atoms with Crippen molar-refractivity contribution in [2.75, 3.05) is 6.54 Å². The molecular formula is C14H19NO2. The number of nitrogens with zero attached hydrogens (tertiary/aromatic N) is 1. The number of carboxylic acid groups (broad SMARTS) is 1. The van der Waals surface area contributed by atoms with Crippen LogP contribution in [0.3, 0.4) is 0 Å². The summed E-state index contributed by atoms with van der Waals surface area (Å²) in [4.78, 5) is 13.3. The quantitative estimate of drug-likeness (QED) is 0.868. The highest BCUT2D eigenvalue weighted by Gasteiger charge is 2.28. The van der Waals surface area contributed by atoms with Crippen LogP contribution in [0.4, 0.5) is 0 Å². The maximum absolute atomic E-state index is 11.0. The van der Waals surface area contributed by atoms with Gasteiger partial charge in [-0.15, -0.1) is 0 Å². The van der Waals surface area contributed by atoms with E-state index in [0.29, 0.717) is 6.42 Å². The molecule has 3 heteroatoms. The molecule has 0 bridgehead atoms. The third-order valence-corrected chi connectivity index (χ3v) is 3.54. The van der Waals surface area contributed by atoms with E-state index >= 15 is 0 Å². The van der Waals surface area contributed by atoms with Gasteiger partial charge < -0.3 is 5.11 Å². The highest BCUT2D eigenvalue weighted by Crippen LogP contribution is 2.26. The maximum atomic E-state index is 11.0. The van der Waals surface area contributed by atoms with Crippen LogP contribution in [-0.4, -0.2) is 22.5 Å². The minimum atomic E-state index is -0.714. The standard InChI is InChI=1S/C14H19NO2/c1-14(2,13(16)17)7-8-15-9-11-5-3-4-6-12(11)10-15/h3-6H,7-10H2,1-2H3,(H,16,17). The van der Waals surface area contributed by atoms with Crippen molar-refractivity contribution >= 4 is 5.97 Å². The summed E-state index contributed by atoms with van der Waals surface area (Å²) in [5, 5.41) is 9.07. The van der Waals surface area contributed by atoms with Crippen molar-refractivity contribution in [3.63, 3.8) is 0 Å². The Kier molecular flexibility index (Phi) is 3.20. The Balaban J connectivity index is 1.91. The average molecular weight is 233 g/mol. The summed E-state index contributed by atoms with van der Waals surface area (Å²) in [6.45, 7) is 6.32. The molecule has 0 fully saturated rings. The van der Waals surface area contributed by atoms with Gasteiger partial charge in [-0.1, -0.05) is 24.3 Å². The Hall–Kier alpha value is -1.35. The smallest absolute Gasteiger partial charge is 0.309 e. The zero-order valence-electron chi connectivity index (χ0n) is 10.4. The lowest BCUT2D eigenvalue weighted by molar-refractivity contribution is -0.147. The first-order valence-corrected chi connectivity index (χ1v) is 6.01. The highest BCUT2D eigenvalue weighted by molar-refractivity contribution is 5.73. The van der Waals surface area contributed by atoms with Crippen LogP contribution in [0, 0.1) is 5.41 Å². The molecule has 0 aliphatic carbocycles. The lowest BCUT2D eigenvalue weighted by Gasteiger charge is -2.23. The molecule has 0 amide bonds. The summed E-state index contributed by atoms with van der Waals surface area (Å²) in [5.74, 6) is -0.714. The van der Waals surface area contributed by atoms with Gasteiger partial charge in [0.15, 0.2) is 0 Å². The van der Waals surface area contributed by atoms with Crippen LogP contribution < -0.4 is 0 Å². The Morgan fingerprint density at radius 2 is 1.82 bits per heavy atom. The van der Waals surface area contributed by atoms with Gasteiger partial charge in [-0.2, -0.15) is 0 Å². The van der Waals surface area contributed by atoms with E-state index in [1.54, 1.807) is 13.8 Å². The summed E-state index contributed by atoms with van der Waals surface area (Å²) in [5.41, 5.74) is 2.12. The molecule has 3 nitrogen and oxygen atoms in total. The fourth-order valence-corrected chi connectivity index (χ4v) is 2.11. The molecule has 0 atom stereocenters. The Morgan fingerprint density at radius 1 is 1.29 bits per heavy atom. The zero-order chi connectivity index (χ0) is 12.5. The molecule has 0 radical (unpaired) electrons. The molecule has 0 saturated heterocycles. The predicted molar refractivity (Wildman–Crippen MR) is 66.6 cm³/mol. The van der Waals surface area contributed by atoms with Gasteiger partial charge in [-0.05, 0) is 37.9 Å². The van der Waals surface area contributed by atoms with Gasteiger partial charge in [0.2, 0.25) is 0 Å². The van der Waals surface area contributed by atoms with Crippen LogP contribution in [-0.2, 0) is 17.9 Å². The normalized spacial score (nSPS) is 15.9. The molecule has 1 aliphatic rings. The molecule has 17 heavy (non-hydrogen) atoms. The Bertz CT molecular complexity index is 401. The Morgan fingerprint density at radius 3 is 2.29 bits per heavy atom.